The summed E-state index contributed by atoms with van der Waals surface area (Å²) in [6, 6.07) is 33.5. The smallest absolute Gasteiger partial charge is 0.305 e. The number of amides is 2. The first-order valence-corrected chi connectivity index (χ1v) is 55.2. The summed E-state index contributed by atoms with van der Waals surface area (Å²) in [5.74, 6) is 3.27. The number of anilines is 3. The highest BCUT2D eigenvalue weighted by Gasteiger charge is 2.19. The number of carbonyl (C=O) groups excluding carboxylic acids is 10. The Kier molecular flexibility index (Phi) is 98.8. The Morgan fingerprint density at radius 2 is 0.924 bits per heavy atom. The van der Waals surface area contributed by atoms with E-state index in [4.69, 9.17) is 4.74 Å². The Balaban J connectivity index is -0.000000159. The number of para-hydroxylation sites is 2. The average Bonchev–Trinajstić information content (AvgIpc) is 0.810. The van der Waals surface area contributed by atoms with Crippen LogP contribution in [0.4, 0.5) is 17.1 Å². The number of Topliss-reactive ketones (excluding diaryl/α,β-unsaturated/α-hetero) is 4. The third-order valence-corrected chi connectivity index (χ3v) is 24.3. The molecule has 682 valence electrons. The number of sulfonamides is 1. The molecule has 4 aromatic carbocycles. The van der Waals surface area contributed by atoms with E-state index in [1.165, 1.54) is 101 Å². The second-order valence-electron chi connectivity index (χ2n) is 22.6. The summed E-state index contributed by atoms with van der Waals surface area (Å²) < 4.78 is 85.1. The lowest BCUT2D eigenvalue weighted by Crippen LogP contribution is -2.29. The Hall–Kier alpha value is -5.16. The third-order valence-electron chi connectivity index (χ3n) is 12.6. The molecule has 1 aromatic heterocycles. The maximum absolute atomic E-state index is 11.9. The molecule has 5 rings (SSSR count). The van der Waals surface area contributed by atoms with Crippen LogP contribution < -0.4 is 14.9 Å². The zero-order valence-electron chi connectivity index (χ0n) is 75.2. The number of carbonyl (C=O) groups is 10. The molecule has 0 aliphatic heterocycles. The van der Waals surface area contributed by atoms with Gasteiger partial charge >= 0.3 is 17.9 Å². The summed E-state index contributed by atoms with van der Waals surface area (Å²) in [4.78, 5) is 112. The predicted molar refractivity (Wildman–Crippen MR) is 520 cm³/mol. The van der Waals surface area contributed by atoms with Crippen molar-refractivity contribution >= 4 is 220 Å². The number of pyridine rings is 1. The van der Waals surface area contributed by atoms with Crippen molar-refractivity contribution in [2.45, 2.75) is 171 Å². The minimum atomic E-state index is -3.18. The number of hydrogen-bond donors (Lipinski definition) is 2. The molecule has 1 heterocycles. The molecule has 2 N–H and O–H groups in total. The predicted octanol–water partition coefficient (Wildman–Crippen LogP) is 19.5. The summed E-state index contributed by atoms with van der Waals surface area (Å²) in [5, 5.41) is 6.45. The van der Waals surface area contributed by atoms with E-state index in [-0.39, 0.29) is 70.8 Å². The van der Waals surface area contributed by atoms with Crippen LogP contribution in [0.15, 0.2) is 145 Å². The van der Waals surface area contributed by atoms with Crippen molar-refractivity contribution in [3.63, 3.8) is 0 Å². The summed E-state index contributed by atoms with van der Waals surface area (Å²) >= 11 is 14.5. The van der Waals surface area contributed by atoms with Crippen molar-refractivity contribution in [1.82, 2.24) is 4.98 Å². The first kappa shape index (κ1) is 132. The van der Waals surface area contributed by atoms with Crippen molar-refractivity contribution in [3.05, 3.63) is 121 Å². The maximum atomic E-state index is 11.9. The maximum Gasteiger partial charge on any atom is 0.305 e. The number of esters is 3. The highest BCUT2D eigenvalue weighted by Crippen LogP contribution is 2.30. The number of benzene rings is 4. The van der Waals surface area contributed by atoms with Crippen LogP contribution in [-0.4, -0.2) is 228 Å². The number of methoxy groups -OCH3 is 3. The third kappa shape index (κ3) is 93.4. The quantitative estimate of drug-likeness (QED) is 0.0108. The van der Waals surface area contributed by atoms with E-state index in [9.17, 15) is 73.2 Å². The number of hydrogen-bond acceptors (Lipinski definition) is 31. The summed E-state index contributed by atoms with van der Waals surface area (Å²) in [6.07, 6.45) is 28.6. The van der Waals surface area contributed by atoms with Gasteiger partial charge in [0.2, 0.25) is 21.8 Å². The molecule has 0 bridgehead atoms. The van der Waals surface area contributed by atoms with Gasteiger partial charge in [0, 0.05) is 122 Å². The minimum Gasteiger partial charge on any atom is -0.469 e. The average molecular weight is 1910 g/mol. The zero-order valence-corrected chi connectivity index (χ0v) is 85.9. The van der Waals surface area contributed by atoms with Gasteiger partial charge in [0.05, 0.1) is 56.4 Å². The lowest BCUT2D eigenvalue weighted by Gasteiger charge is -2.21. The van der Waals surface area contributed by atoms with Crippen molar-refractivity contribution in [3.8, 4) is 0 Å². The van der Waals surface area contributed by atoms with Crippen molar-refractivity contribution in [2.24, 2.45) is 0 Å². The van der Waals surface area contributed by atoms with E-state index in [2.05, 4.69) is 49.3 Å². The molecule has 24 nitrogen and oxygen atoms in total. The number of aromatic nitrogens is 1. The summed E-state index contributed by atoms with van der Waals surface area (Å²) in [5.41, 5.74) is 3.20. The standard InChI is InChI=1S/C11H17NO2S2.2C9H11NOS.C8H9NOS.C8H10O2S2.C6H10O3.C6H12OS.C6H14OS.C5H10OS.C4H8O2.C3H6O2.C3H6OS.C2H6O2S2.C2H6/c1-4-9-16(13,14)12(2)10-7-5-6-8-11(10)15-3;1-7(11)10-8-3-5-9(12-2)6-4-8;1-7(11)10-8-5-3-4-6-9(8)12-2;1-6(10)7-4-3-5-9-8(7)11-2;1-11-7-3-5-8(6-4-7)12(2,9)10;1-5(7)3-4-6(8)9-2;1-6(7)4-3-5-8-2;1-3-4-7-5-6-8-2;1-5(6)3-4-7-2;1-3-4(5)6-2;2*1-3(4)5-2;1-5-6(2,3)4;1-2/h5-8H,4,9H2,1-3H3;2*3-6H,1-2H3,(H,10,11);3-5H,1-2H3;3-6H,1-2H3;3-4H2,1-2H3;3-5H2,1-2H3;3-6H2,1-2H3;3-4H2,1-2H3;3H2,1-2H3;2*1-2H3;1-2H3;1-2H3. The SMILES string of the molecule is CC.CCC(=O)OC.CCCOCCSC.CCCS(=O)(=O)N(C)c1ccccc1SC.COC(=O)CCC(C)=O.COC(C)=O.CSC(C)=O.CSCCC(C)=O.CSCCCC(C)=O.CSS(C)(=O)=O.CSc1ccc(NC(C)=O)cc1.CSc1ccc(S(C)(=O)=O)cc1.CSc1ccccc1NC(C)=O.CSc1ncccc1C(C)=O. The van der Waals surface area contributed by atoms with E-state index >= 15 is 0 Å². The molecular weight excluding hydrogens is 1780 g/mol. The van der Waals surface area contributed by atoms with Gasteiger partial charge in [-0.25, -0.2) is 30.2 Å². The Bertz CT molecular complexity index is 3820. The highest BCUT2D eigenvalue weighted by atomic mass is 33.1. The van der Waals surface area contributed by atoms with Crippen LogP contribution >= 0.6 is 117 Å². The van der Waals surface area contributed by atoms with Crippen LogP contribution in [0, 0.1) is 0 Å². The van der Waals surface area contributed by atoms with Crippen molar-refractivity contribution < 1.29 is 92.1 Å². The Morgan fingerprint density at radius 3 is 1.25 bits per heavy atom. The fraction of sp³-hybridized carbons (Fsp3) is 0.524. The number of ether oxygens (including phenoxy) is 4. The number of nitrogens with one attached hydrogen (secondary N) is 2. The minimum absolute atomic E-state index is 0.0143. The molecule has 2 amide bonds. The lowest BCUT2D eigenvalue weighted by molar-refractivity contribution is -0.142. The Labute approximate surface area is 757 Å². The summed E-state index contributed by atoms with van der Waals surface area (Å²) in [7, 11) is -2.45. The monoisotopic (exact) mass is 1910 g/mol. The number of sulfone groups is 1. The molecule has 0 spiro atoms. The van der Waals surface area contributed by atoms with Gasteiger partial charge in [0.1, 0.15) is 22.4 Å². The molecule has 119 heavy (non-hydrogen) atoms. The van der Waals surface area contributed by atoms with Crippen LogP contribution in [0.1, 0.15) is 152 Å². The van der Waals surface area contributed by atoms with Crippen molar-refractivity contribution in [1.29, 1.82) is 0 Å². The molecule has 0 radical (unpaired) electrons. The Morgan fingerprint density at radius 1 is 0.479 bits per heavy atom. The van der Waals surface area contributed by atoms with Gasteiger partial charge in [-0.3, -0.25) is 42.7 Å². The van der Waals surface area contributed by atoms with Crippen LogP contribution in [0.3, 0.4) is 0 Å². The van der Waals surface area contributed by atoms with Gasteiger partial charge < -0.3 is 39.2 Å². The molecule has 0 saturated carbocycles. The number of rotatable bonds is 30. The van der Waals surface area contributed by atoms with Gasteiger partial charge in [0.25, 0.3) is 0 Å². The fourth-order valence-corrected chi connectivity index (χ4v) is 12.3. The van der Waals surface area contributed by atoms with Crippen molar-refractivity contribution in [2.75, 3.05) is 155 Å². The molecule has 0 aliphatic rings. The molecule has 0 atom stereocenters. The molecule has 0 aliphatic carbocycles. The second kappa shape index (κ2) is 89.1. The molecule has 37 heteroatoms. The highest BCUT2D eigenvalue weighted by molar-refractivity contribution is 8.71. The van der Waals surface area contributed by atoms with Crippen LogP contribution in [0.25, 0.3) is 0 Å². The van der Waals surface area contributed by atoms with Crippen LogP contribution in [0.5, 0.6) is 0 Å². The van der Waals surface area contributed by atoms with Crippen LogP contribution in [-0.2, 0) is 90.8 Å². The molecule has 5 aromatic rings. The van der Waals surface area contributed by atoms with Crippen LogP contribution in [0.2, 0.25) is 0 Å². The zero-order chi connectivity index (χ0) is 94.0. The molecular formula is C82H136N4O20S13. The van der Waals surface area contributed by atoms with Gasteiger partial charge in [-0.15, -0.1) is 58.8 Å². The van der Waals surface area contributed by atoms with Gasteiger partial charge in [-0.05, 0) is 217 Å². The van der Waals surface area contributed by atoms with Gasteiger partial charge in [-0.2, -0.15) is 35.3 Å². The van der Waals surface area contributed by atoms with E-state index < -0.39 is 28.7 Å². The van der Waals surface area contributed by atoms with Gasteiger partial charge in [-0.1, -0.05) is 70.6 Å². The van der Waals surface area contributed by atoms with Gasteiger partial charge in [0.15, 0.2) is 29.6 Å². The first-order valence-electron chi connectivity index (χ1n) is 36.6. The number of nitrogens with zero attached hydrogens (tertiary/aromatic N) is 2. The largest absolute Gasteiger partial charge is 0.469 e. The van der Waals surface area contributed by atoms with E-state index in [0.717, 1.165) is 104 Å². The number of thioether (sulfide) groups is 9. The second-order valence-corrected chi connectivity index (χ2v) is 39.5. The van der Waals surface area contributed by atoms with E-state index in [1.54, 1.807) is 161 Å². The van der Waals surface area contributed by atoms with E-state index in [0.29, 0.717) is 29.1 Å². The lowest BCUT2D eigenvalue weighted by atomic mass is 10.2. The molecule has 0 unspecified atom stereocenters. The normalized spacial score (nSPS) is 9.59. The molecule has 0 saturated heterocycles. The van der Waals surface area contributed by atoms with E-state index in [1.807, 2.05) is 143 Å². The fourth-order valence-electron chi connectivity index (χ4n) is 6.52. The number of ketones is 4. The first-order chi connectivity index (χ1) is 55.8. The topological polar surface area (TPSA) is 350 Å². The molecule has 0 fully saturated rings. The summed E-state index contributed by atoms with van der Waals surface area (Å²) in [6.45, 7) is 23.8.